The Hall–Kier alpha value is -1.85. The van der Waals surface area contributed by atoms with E-state index in [1.807, 2.05) is 0 Å². The summed E-state index contributed by atoms with van der Waals surface area (Å²) in [7, 11) is 0. The van der Waals surface area contributed by atoms with Gasteiger partial charge in [0.25, 0.3) is 5.91 Å². The van der Waals surface area contributed by atoms with E-state index in [1.165, 1.54) is 6.07 Å². The van der Waals surface area contributed by atoms with E-state index in [9.17, 15) is 13.6 Å². The number of amides is 1. The minimum atomic E-state index is -0.697. The molecule has 0 saturated carbocycles. The van der Waals surface area contributed by atoms with Crippen LogP contribution in [0, 0.1) is 11.6 Å². The van der Waals surface area contributed by atoms with Crippen molar-refractivity contribution in [3.8, 4) is 0 Å². The van der Waals surface area contributed by atoms with E-state index < -0.39 is 17.5 Å². The van der Waals surface area contributed by atoms with Gasteiger partial charge in [-0.15, -0.1) is 0 Å². The Morgan fingerprint density at radius 2 is 1.65 bits per heavy atom. The molecule has 3 nitrogen and oxygen atoms in total. The van der Waals surface area contributed by atoms with Crippen LogP contribution in [-0.4, -0.2) is 5.91 Å². The lowest BCUT2D eigenvalue weighted by Crippen LogP contribution is -2.15. The van der Waals surface area contributed by atoms with Crippen molar-refractivity contribution in [3.05, 3.63) is 57.6 Å². The van der Waals surface area contributed by atoms with Crippen molar-refractivity contribution in [2.24, 2.45) is 0 Å². The zero-order valence-corrected chi connectivity index (χ0v) is 11.4. The first-order valence-corrected chi connectivity index (χ1v) is 6.15. The number of halogens is 4. The van der Waals surface area contributed by atoms with Gasteiger partial charge in [-0.2, -0.15) is 0 Å². The summed E-state index contributed by atoms with van der Waals surface area (Å²) in [4.78, 5) is 12.0. The number of hydrogen-bond donors (Lipinski definition) is 2. The second kappa shape index (κ2) is 5.64. The van der Waals surface area contributed by atoms with E-state index in [2.05, 4.69) is 5.32 Å². The minimum Gasteiger partial charge on any atom is -0.398 e. The second-order valence-corrected chi connectivity index (χ2v) is 4.74. The maximum Gasteiger partial charge on any atom is 0.257 e. The lowest BCUT2D eigenvalue weighted by molar-refractivity contribution is 0.102. The standard InChI is InChI=1S/C13H8Cl2F2N2O/c14-9-4-7(17)5-10(15)12(9)19-13(20)8-3-6(16)1-2-11(8)18/h1-5H,18H2,(H,19,20). The van der Waals surface area contributed by atoms with Crippen molar-refractivity contribution in [1.29, 1.82) is 0 Å². The average Bonchev–Trinajstić information content (AvgIpc) is 2.36. The van der Waals surface area contributed by atoms with Crippen LogP contribution < -0.4 is 11.1 Å². The number of rotatable bonds is 2. The van der Waals surface area contributed by atoms with Gasteiger partial charge in [0.05, 0.1) is 21.3 Å². The van der Waals surface area contributed by atoms with Gasteiger partial charge in [-0.25, -0.2) is 8.78 Å². The normalized spacial score (nSPS) is 10.4. The highest BCUT2D eigenvalue weighted by atomic mass is 35.5. The van der Waals surface area contributed by atoms with Gasteiger partial charge in [0.1, 0.15) is 11.6 Å². The van der Waals surface area contributed by atoms with Crippen molar-refractivity contribution in [3.63, 3.8) is 0 Å². The fourth-order valence-electron chi connectivity index (χ4n) is 1.57. The molecule has 3 N–H and O–H groups in total. The molecule has 0 atom stereocenters. The Balaban J connectivity index is 2.35. The molecule has 0 saturated heterocycles. The number of nitrogens with two attached hydrogens (primary N) is 1. The summed E-state index contributed by atoms with van der Waals surface area (Å²) in [6.07, 6.45) is 0. The van der Waals surface area contributed by atoms with E-state index in [1.54, 1.807) is 0 Å². The third kappa shape index (κ3) is 3.00. The van der Waals surface area contributed by atoms with Gasteiger partial charge in [-0.1, -0.05) is 23.2 Å². The molecule has 0 aliphatic rings. The molecule has 0 fully saturated rings. The predicted octanol–water partition coefficient (Wildman–Crippen LogP) is 4.11. The van der Waals surface area contributed by atoms with E-state index in [4.69, 9.17) is 28.9 Å². The van der Waals surface area contributed by atoms with Crippen LogP contribution in [0.25, 0.3) is 0 Å². The predicted molar refractivity (Wildman–Crippen MR) is 75.2 cm³/mol. The summed E-state index contributed by atoms with van der Waals surface area (Å²) >= 11 is 11.6. The zero-order chi connectivity index (χ0) is 14.9. The van der Waals surface area contributed by atoms with Crippen LogP contribution in [0.15, 0.2) is 30.3 Å². The Bertz CT molecular complexity index is 669. The minimum absolute atomic E-state index is 0.0309. The number of hydrogen-bond acceptors (Lipinski definition) is 2. The zero-order valence-electron chi connectivity index (χ0n) is 9.88. The highest BCUT2D eigenvalue weighted by Crippen LogP contribution is 2.32. The Morgan fingerprint density at radius 3 is 2.25 bits per heavy atom. The number of nitrogen functional groups attached to an aromatic ring is 1. The quantitative estimate of drug-likeness (QED) is 0.819. The fraction of sp³-hybridized carbons (Fsp3) is 0. The molecule has 0 bridgehead atoms. The lowest BCUT2D eigenvalue weighted by atomic mass is 10.1. The van der Waals surface area contributed by atoms with Crippen LogP contribution in [0.3, 0.4) is 0 Å². The van der Waals surface area contributed by atoms with Crippen LogP contribution in [0.1, 0.15) is 10.4 Å². The number of carbonyl (C=O) groups excluding carboxylic acids is 1. The van der Waals surface area contributed by atoms with Crippen LogP contribution in [0.4, 0.5) is 20.2 Å². The van der Waals surface area contributed by atoms with Crippen LogP contribution in [0.2, 0.25) is 10.0 Å². The third-order valence-electron chi connectivity index (χ3n) is 2.51. The largest absolute Gasteiger partial charge is 0.398 e. The van der Waals surface area contributed by atoms with E-state index in [0.29, 0.717) is 0 Å². The topological polar surface area (TPSA) is 55.1 Å². The van der Waals surface area contributed by atoms with E-state index >= 15 is 0 Å². The van der Waals surface area contributed by atoms with Crippen molar-refractivity contribution in [2.45, 2.75) is 0 Å². The molecule has 0 spiro atoms. The molecule has 0 heterocycles. The van der Waals surface area contributed by atoms with Crippen LogP contribution in [0.5, 0.6) is 0 Å². The summed E-state index contributed by atoms with van der Waals surface area (Å²) in [5, 5.41) is 2.23. The van der Waals surface area contributed by atoms with Gasteiger partial charge in [0, 0.05) is 5.69 Å². The van der Waals surface area contributed by atoms with E-state index in [0.717, 1.165) is 24.3 Å². The molecule has 2 aromatic carbocycles. The molecule has 2 aromatic rings. The molecule has 7 heteroatoms. The smallest absolute Gasteiger partial charge is 0.257 e. The van der Waals surface area contributed by atoms with Gasteiger partial charge in [-0.3, -0.25) is 4.79 Å². The fourth-order valence-corrected chi connectivity index (χ4v) is 2.12. The summed E-state index contributed by atoms with van der Waals surface area (Å²) < 4.78 is 26.2. The summed E-state index contributed by atoms with van der Waals surface area (Å²) in [5.41, 5.74) is 5.65. The Labute approximate surface area is 123 Å². The SMILES string of the molecule is Nc1ccc(F)cc1C(=O)Nc1c(Cl)cc(F)cc1Cl. The molecule has 2 rings (SSSR count). The first-order valence-electron chi connectivity index (χ1n) is 5.39. The van der Waals surface area contributed by atoms with Gasteiger partial charge in [0.2, 0.25) is 0 Å². The molecule has 0 aliphatic carbocycles. The third-order valence-corrected chi connectivity index (χ3v) is 3.10. The molecular weight excluding hydrogens is 309 g/mol. The van der Waals surface area contributed by atoms with Gasteiger partial charge in [0.15, 0.2) is 0 Å². The Kier molecular flexibility index (Phi) is 4.11. The lowest BCUT2D eigenvalue weighted by Gasteiger charge is -2.11. The molecule has 0 aromatic heterocycles. The van der Waals surface area contributed by atoms with Crippen LogP contribution in [-0.2, 0) is 0 Å². The van der Waals surface area contributed by atoms with Crippen molar-refractivity contribution < 1.29 is 13.6 Å². The average molecular weight is 317 g/mol. The molecule has 0 unspecified atom stereocenters. The number of carbonyl (C=O) groups is 1. The van der Waals surface area contributed by atoms with Crippen molar-refractivity contribution in [2.75, 3.05) is 11.1 Å². The second-order valence-electron chi connectivity index (χ2n) is 3.93. The van der Waals surface area contributed by atoms with E-state index in [-0.39, 0.29) is 27.0 Å². The summed E-state index contributed by atoms with van der Waals surface area (Å²) in [5.74, 6) is -1.94. The monoisotopic (exact) mass is 316 g/mol. The molecule has 0 aliphatic heterocycles. The number of benzene rings is 2. The number of anilines is 2. The van der Waals surface area contributed by atoms with Crippen molar-refractivity contribution >= 4 is 40.5 Å². The summed E-state index contributed by atoms with van der Waals surface area (Å²) in [6, 6.07) is 5.37. The highest BCUT2D eigenvalue weighted by molar-refractivity contribution is 6.40. The van der Waals surface area contributed by atoms with Crippen LogP contribution >= 0.6 is 23.2 Å². The van der Waals surface area contributed by atoms with Gasteiger partial charge < -0.3 is 11.1 Å². The summed E-state index contributed by atoms with van der Waals surface area (Å²) in [6.45, 7) is 0. The molecule has 1 amide bonds. The Morgan fingerprint density at radius 1 is 1.05 bits per heavy atom. The highest BCUT2D eigenvalue weighted by Gasteiger charge is 2.15. The molecule has 104 valence electrons. The maximum absolute atomic E-state index is 13.1. The van der Waals surface area contributed by atoms with Crippen molar-refractivity contribution in [1.82, 2.24) is 0 Å². The first kappa shape index (κ1) is 14.6. The first-order chi connectivity index (χ1) is 9.38. The molecule has 0 radical (unpaired) electrons. The molecular formula is C13H8Cl2F2N2O. The van der Waals surface area contributed by atoms with Gasteiger partial charge >= 0.3 is 0 Å². The maximum atomic E-state index is 13.1. The van der Waals surface area contributed by atoms with Gasteiger partial charge in [-0.05, 0) is 30.3 Å². The molecule has 20 heavy (non-hydrogen) atoms. The number of nitrogens with one attached hydrogen (secondary N) is 1.